The fourth-order valence-electron chi connectivity index (χ4n) is 3.98. The van der Waals surface area contributed by atoms with Crippen LogP contribution in [0.5, 0.6) is 0 Å². The van der Waals surface area contributed by atoms with Crippen molar-refractivity contribution in [1.29, 1.82) is 0 Å². The third-order valence-electron chi connectivity index (χ3n) is 5.11. The van der Waals surface area contributed by atoms with Crippen molar-refractivity contribution in [3.8, 4) is 0 Å². The molecule has 3 rings (SSSR count). The molecular formula is C19H22Cl2O5. The minimum atomic E-state index is -0.433. The Morgan fingerprint density at radius 3 is 2.31 bits per heavy atom. The van der Waals surface area contributed by atoms with Gasteiger partial charge in [-0.2, -0.15) is 0 Å². The van der Waals surface area contributed by atoms with Crippen molar-refractivity contribution >= 4 is 35.1 Å². The van der Waals surface area contributed by atoms with E-state index in [1.807, 2.05) is 6.07 Å². The van der Waals surface area contributed by atoms with Gasteiger partial charge in [0, 0.05) is 0 Å². The lowest BCUT2D eigenvalue weighted by molar-refractivity contribution is -0.156. The number of carbonyl (C=O) groups is 2. The molecule has 1 aromatic rings. The van der Waals surface area contributed by atoms with Crippen molar-refractivity contribution < 1.29 is 23.8 Å². The molecule has 2 saturated carbocycles. The predicted molar refractivity (Wildman–Crippen MR) is 96.9 cm³/mol. The van der Waals surface area contributed by atoms with E-state index in [0.717, 1.165) is 5.56 Å². The Bertz CT molecular complexity index is 693. The first-order valence-electron chi connectivity index (χ1n) is 8.86. The van der Waals surface area contributed by atoms with Gasteiger partial charge in [0.05, 0.1) is 47.8 Å². The summed E-state index contributed by atoms with van der Waals surface area (Å²) in [4.78, 5) is 24.5. The van der Waals surface area contributed by atoms with Gasteiger partial charge in [-0.25, -0.2) is 0 Å². The number of fused-ring (bicyclic) bond motifs is 1. The standard InChI is InChI=1S/C19H22Cl2O5/c1-3-24-18(22)16-11-8-14(17(15(11)16)19(23)25-4-2)26-9-10-5-6-12(20)13(21)7-10/h5-7,11,14-17H,3-4,8-9H2,1-2H3. The van der Waals surface area contributed by atoms with Gasteiger partial charge in [-0.3, -0.25) is 9.59 Å². The lowest BCUT2D eigenvalue weighted by atomic mass is 9.97. The first kappa shape index (κ1) is 19.5. The van der Waals surface area contributed by atoms with E-state index in [1.165, 1.54) is 0 Å². The first-order chi connectivity index (χ1) is 12.5. The summed E-state index contributed by atoms with van der Waals surface area (Å²) >= 11 is 12.0. The minimum Gasteiger partial charge on any atom is -0.466 e. The number of esters is 2. The summed E-state index contributed by atoms with van der Waals surface area (Å²) in [7, 11) is 0. The zero-order valence-corrected chi connectivity index (χ0v) is 16.3. The molecule has 2 fully saturated rings. The van der Waals surface area contributed by atoms with E-state index in [1.54, 1.807) is 26.0 Å². The van der Waals surface area contributed by atoms with Gasteiger partial charge in [0.15, 0.2) is 0 Å². The van der Waals surface area contributed by atoms with E-state index in [2.05, 4.69) is 0 Å². The second-order valence-corrected chi connectivity index (χ2v) is 7.44. The molecule has 0 saturated heterocycles. The van der Waals surface area contributed by atoms with Gasteiger partial charge in [0.1, 0.15) is 0 Å². The number of hydrogen-bond donors (Lipinski definition) is 0. The molecule has 1 aromatic carbocycles. The smallest absolute Gasteiger partial charge is 0.311 e. The molecule has 0 aliphatic heterocycles. The fraction of sp³-hybridized carbons (Fsp3) is 0.579. The van der Waals surface area contributed by atoms with Crippen LogP contribution in [-0.4, -0.2) is 31.3 Å². The van der Waals surface area contributed by atoms with Gasteiger partial charge in [-0.1, -0.05) is 29.3 Å². The normalized spacial score (nSPS) is 29.2. The molecule has 2 aliphatic carbocycles. The molecule has 5 atom stereocenters. The average molecular weight is 401 g/mol. The summed E-state index contributed by atoms with van der Waals surface area (Å²) in [6, 6.07) is 5.30. The number of rotatable bonds is 7. The molecule has 0 N–H and O–H groups in total. The van der Waals surface area contributed by atoms with Crippen LogP contribution in [0.1, 0.15) is 25.8 Å². The summed E-state index contributed by atoms with van der Waals surface area (Å²) in [5, 5.41) is 0.950. The average Bonchev–Trinajstić information content (AvgIpc) is 3.17. The van der Waals surface area contributed by atoms with E-state index in [9.17, 15) is 9.59 Å². The Morgan fingerprint density at radius 2 is 1.69 bits per heavy atom. The SMILES string of the molecule is CCOC(=O)C1C(OCc2ccc(Cl)c(Cl)c2)CC2C(C(=O)OCC)C21. The van der Waals surface area contributed by atoms with Crippen LogP contribution < -0.4 is 0 Å². The van der Waals surface area contributed by atoms with Crippen LogP contribution in [0.2, 0.25) is 10.0 Å². The lowest BCUT2D eigenvalue weighted by Crippen LogP contribution is -2.33. The predicted octanol–water partition coefficient (Wildman–Crippen LogP) is 3.89. The van der Waals surface area contributed by atoms with Crippen molar-refractivity contribution in [2.75, 3.05) is 13.2 Å². The molecule has 2 aliphatic rings. The first-order valence-corrected chi connectivity index (χ1v) is 9.62. The molecule has 0 aromatic heterocycles. The van der Waals surface area contributed by atoms with Crippen LogP contribution in [-0.2, 0) is 30.4 Å². The highest BCUT2D eigenvalue weighted by Gasteiger charge is 2.68. The van der Waals surface area contributed by atoms with E-state index >= 15 is 0 Å². The van der Waals surface area contributed by atoms with E-state index in [0.29, 0.717) is 36.3 Å². The Kier molecular flexibility index (Phi) is 6.10. The topological polar surface area (TPSA) is 61.8 Å². The number of ether oxygens (including phenoxy) is 3. The molecule has 0 radical (unpaired) electrons. The summed E-state index contributed by atoms with van der Waals surface area (Å²) in [6.07, 6.45) is 0.378. The van der Waals surface area contributed by atoms with Gasteiger partial charge in [-0.15, -0.1) is 0 Å². The molecule has 142 valence electrons. The zero-order chi connectivity index (χ0) is 18.8. The number of benzene rings is 1. The summed E-state index contributed by atoms with van der Waals surface area (Å²) in [6.45, 7) is 4.51. The maximum Gasteiger partial charge on any atom is 0.311 e. The van der Waals surface area contributed by atoms with Gasteiger partial charge in [0.2, 0.25) is 0 Å². The second-order valence-electron chi connectivity index (χ2n) is 6.63. The molecule has 7 heteroatoms. The Balaban J connectivity index is 1.66. The van der Waals surface area contributed by atoms with Crippen LogP contribution in [0.25, 0.3) is 0 Å². The molecule has 5 nitrogen and oxygen atoms in total. The Morgan fingerprint density at radius 1 is 1.04 bits per heavy atom. The minimum absolute atomic E-state index is 0.0492. The fourth-order valence-corrected chi connectivity index (χ4v) is 4.30. The maximum absolute atomic E-state index is 12.4. The third kappa shape index (κ3) is 3.85. The molecule has 0 spiro atoms. The molecule has 0 bridgehead atoms. The van der Waals surface area contributed by atoms with Crippen LogP contribution in [0.3, 0.4) is 0 Å². The summed E-state index contributed by atoms with van der Waals surface area (Å²) in [5.41, 5.74) is 0.879. The zero-order valence-electron chi connectivity index (χ0n) is 14.7. The third-order valence-corrected chi connectivity index (χ3v) is 5.85. The van der Waals surface area contributed by atoms with Crippen molar-refractivity contribution in [2.45, 2.75) is 33.0 Å². The molecule has 0 amide bonds. The van der Waals surface area contributed by atoms with Crippen molar-refractivity contribution in [3.63, 3.8) is 0 Å². The van der Waals surface area contributed by atoms with Crippen LogP contribution in [0.4, 0.5) is 0 Å². The molecule has 26 heavy (non-hydrogen) atoms. The number of hydrogen-bond acceptors (Lipinski definition) is 5. The van der Waals surface area contributed by atoms with E-state index in [-0.39, 0.29) is 35.8 Å². The molecule has 0 heterocycles. The van der Waals surface area contributed by atoms with Gasteiger partial charge in [-0.05, 0) is 49.8 Å². The summed E-state index contributed by atoms with van der Waals surface area (Å²) < 4.78 is 16.3. The van der Waals surface area contributed by atoms with Gasteiger partial charge in [0.25, 0.3) is 0 Å². The Hall–Kier alpha value is -1.30. The highest BCUT2D eigenvalue weighted by molar-refractivity contribution is 6.42. The van der Waals surface area contributed by atoms with Crippen LogP contribution >= 0.6 is 23.2 Å². The highest BCUT2D eigenvalue weighted by atomic mass is 35.5. The second kappa shape index (κ2) is 8.15. The van der Waals surface area contributed by atoms with Crippen molar-refractivity contribution in [3.05, 3.63) is 33.8 Å². The quantitative estimate of drug-likeness (QED) is 0.649. The monoisotopic (exact) mass is 400 g/mol. The molecular weight excluding hydrogens is 379 g/mol. The number of carbonyl (C=O) groups excluding carboxylic acids is 2. The van der Waals surface area contributed by atoms with Crippen molar-refractivity contribution in [2.24, 2.45) is 23.7 Å². The summed E-state index contributed by atoms with van der Waals surface area (Å²) in [5.74, 6) is -1.09. The van der Waals surface area contributed by atoms with Crippen LogP contribution in [0.15, 0.2) is 18.2 Å². The largest absolute Gasteiger partial charge is 0.466 e. The van der Waals surface area contributed by atoms with Crippen LogP contribution in [0, 0.1) is 23.7 Å². The Labute approximate surface area is 162 Å². The highest BCUT2D eigenvalue weighted by Crippen LogP contribution is 2.62. The lowest BCUT2D eigenvalue weighted by Gasteiger charge is -2.23. The van der Waals surface area contributed by atoms with Gasteiger partial charge < -0.3 is 14.2 Å². The van der Waals surface area contributed by atoms with E-state index in [4.69, 9.17) is 37.4 Å². The van der Waals surface area contributed by atoms with Crippen molar-refractivity contribution in [1.82, 2.24) is 0 Å². The van der Waals surface area contributed by atoms with E-state index < -0.39 is 5.92 Å². The van der Waals surface area contributed by atoms with Gasteiger partial charge >= 0.3 is 11.9 Å². The molecule has 5 unspecified atom stereocenters. The maximum atomic E-state index is 12.4. The number of halogens is 2.